The zero-order valence-electron chi connectivity index (χ0n) is 11.2. The fraction of sp³-hybridized carbons (Fsp3) is 0.923. The molecule has 0 aromatic rings. The quantitative estimate of drug-likeness (QED) is 0.423. The fourth-order valence-corrected chi connectivity index (χ4v) is 2.89. The van der Waals surface area contributed by atoms with Crippen molar-refractivity contribution in [3.63, 3.8) is 0 Å². The van der Waals surface area contributed by atoms with Crippen molar-refractivity contribution in [2.45, 2.75) is 70.9 Å². The molecule has 1 amide bonds. The molecule has 1 saturated heterocycles. The van der Waals surface area contributed by atoms with E-state index >= 15 is 0 Å². The molecule has 1 aliphatic rings. The van der Waals surface area contributed by atoms with Crippen LogP contribution in [0, 0.1) is 0 Å². The van der Waals surface area contributed by atoms with E-state index in [0.29, 0.717) is 6.04 Å². The van der Waals surface area contributed by atoms with Gasteiger partial charge in [-0.3, -0.25) is 15.1 Å². The smallest absolute Gasteiger partial charge is 0.251 e. The van der Waals surface area contributed by atoms with Gasteiger partial charge in [-0.2, -0.15) is 0 Å². The second-order valence-electron chi connectivity index (χ2n) is 4.99. The van der Waals surface area contributed by atoms with Gasteiger partial charge in [0.1, 0.15) is 0 Å². The molecule has 4 heteroatoms. The predicted molar refractivity (Wildman–Crippen MR) is 70.3 cm³/mol. The van der Waals surface area contributed by atoms with Crippen molar-refractivity contribution in [2.75, 3.05) is 6.54 Å². The minimum Gasteiger partial charge on any atom is -0.293 e. The number of nitrogens with two attached hydrogens (primary N) is 1. The minimum absolute atomic E-state index is 0.0187. The van der Waals surface area contributed by atoms with Crippen molar-refractivity contribution in [3.8, 4) is 0 Å². The summed E-state index contributed by atoms with van der Waals surface area (Å²) in [7, 11) is 0. The lowest BCUT2D eigenvalue weighted by Gasteiger charge is -2.40. The SMILES string of the molecule is CCCC1CCCCN1C(CCC)C(=O)NN. The molecular weight excluding hydrogens is 214 g/mol. The first-order chi connectivity index (χ1) is 8.24. The second-order valence-corrected chi connectivity index (χ2v) is 4.99. The molecule has 0 aliphatic carbocycles. The number of likely N-dealkylation sites (tertiary alicyclic amines) is 1. The van der Waals surface area contributed by atoms with Crippen LogP contribution in [-0.2, 0) is 4.79 Å². The molecule has 4 nitrogen and oxygen atoms in total. The first-order valence-corrected chi connectivity index (χ1v) is 7.00. The summed E-state index contributed by atoms with van der Waals surface area (Å²) in [4.78, 5) is 14.3. The number of rotatable bonds is 6. The minimum atomic E-state index is -0.0261. The van der Waals surface area contributed by atoms with Gasteiger partial charge in [-0.15, -0.1) is 0 Å². The number of amides is 1. The Morgan fingerprint density at radius 2 is 2.18 bits per heavy atom. The van der Waals surface area contributed by atoms with Gasteiger partial charge < -0.3 is 0 Å². The fourth-order valence-electron chi connectivity index (χ4n) is 2.89. The maximum Gasteiger partial charge on any atom is 0.251 e. The average molecular weight is 241 g/mol. The first kappa shape index (κ1) is 14.5. The third-order valence-corrected chi connectivity index (χ3v) is 3.70. The lowest BCUT2D eigenvalue weighted by molar-refractivity contribution is -0.128. The van der Waals surface area contributed by atoms with E-state index in [1.54, 1.807) is 0 Å². The molecule has 1 rings (SSSR count). The topological polar surface area (TPSA) is 58.4 Å². The van der Waals surface area contributed by atoms with Crippen LogP contribution in [0.2, 0.25) is 0 Å². The van der Waals surface area contributed by atoms with E-state index in [2.05, 4.69) is 24.2 Å². The molecule has 0 saturated carbocycles. The highest BCUT2D eigenvalue weighted by atomic mass is 16.2. The Bertz CT molecular complexity index is 231. The molecular formula is C13H27N3O. The number of carbonyl (C=O) groups excluding carboxylic acids is 1. The summed E-state index contributed by atoms with van der Waals surface area (Å²) in [5.41, 5.74) is 2.33. The van der Waals surface area contributed by atoms with Crippen molar-refractivity contribution in [1.82, 2.24) is 10.3 Å². The van der Waals surface area contributed by atoms with Crippen LogP contribution in [0.3, 0.4) is 0 Å². The number of carbonyl (C=O) groups is 1. The highest BCUT2D eigenvalue weighted by molar-refractivity contribution is 5.81. The molecule has 0 spiro atoms. The van der Waals surface area contributed by atoms with Crippen LogP contribution in [0.4, 0.5) is 0 Å². The highest BCUT2D eigenvalue weighted by Gasteiger charge is 2.31. The Hall–Kier alpha value is -0.610. The predicted octanol–water partition coefficient (Wildman–Crippen LogP) is 1.80. The van der Waals surface area contributed by atoms with Crippen LogP contribution in [0.25, 0.3) is 0 Å². The van der Waals surface area contributed by atoms with Crippen molar-refractivity contribution in [3.05, 3.63) is 0 Å². The summed E-state index contributed by atoms with van der Waals surface area (Å²) in [6.45, 7) is 5.38. The van der Waals surface area contributed by atoms with Crippen molar-refractivity contribution < 1.29 is 4.79 Å². The zero-order valence-corrected chi connectivity index (χ0v) is 11.2. The van der Waals surface area contributed by atoms with Crippen molar-refractivity contribution in [2.24, 2.45) is 5.84 Å². The van der Waals surface area contributed by atoms with Crippen LogP contribution >= 0.6 is 0 Å². The Morgan fingerprint density at radius 3 is 2.76 bits per heavy atom. The molecule has 0 bridgehead atoms. The average Bonchev–Trinajstić information content (AvgIpc) is 2.36. The van der Waals surface area contributed by atoms with Gasteiger partial charge in [-0.25, -0.2) is 5.84 Å². The van der Waals surface area contributed by atoms with Crippen LogP contribution in [0.5, 0.6) is 0 Å². The number of hydrazine groups is 1. The summed E-state index contributed by atoms with van der Waals surface area (Å²) in [6, 6.07) is 0.546. The Kier molecular flexibility index (Phi) is 6.52. The first-order valence-electron chi connectivity index (χ1n) is 7.00. The number of nitrogens with zero attached hydrogens (tertiary/aromatic N) is 1. The van der Waals surface area contributed by atoms with E-state index in [-0.39, 0.29) is 11.9 Å². The molecule has 2 atom stereocenters. The maximum atomic E-state index is 11.9. The molecule has 17 heavy (non-hydrogen) atoms. The third kappa shape index (κ3) is 3.96. The van der Waals surface area contributed by atoms with Gasteiger partial charge >= 0.3 is 0 Å². The van der Waals surface area contributed by atoms with Gasteiger partial charge in [-0.1, -0.05) is 33.1 Å². The zero-order chi connectivity index (χ0) is 12.7. The van der Waals surface area contributed by atoms with E-state index in [4.69, 9.17) is 5.84 Å². The van der Waals surface area contributed by atoms with Gasteiger partial charge in [0.05, 0.1) is 6.04 Å². The van der Waals surface area contributed by atoms with Crippen molar-refractivity contribution >= 4 is 5.91 Å². The summed E-state index contributed by atoms with van der Waals surface area (Å²) >= 11 is 0. The number of hydrogen-bond acceptors (Lipinski definition) is 3. The Balaban J connectivity index is 2.70. The van der Waals surface area contributed by atoms with E-state index in [1.807, 2.05) is 0 Å². The highest BCUT2D eigenvalue weighted by Crippen LogP contribution is 2.24. The normalized spacial score (nSPS) is 23.4. The van der Waals surface area contributed by atoms with Crippen LogP contribution in [0.1, 0.15) is 58.8 Å². The van der Waals surface area contributed by atoms with Crippen LogP contribution in [-0.4, -0.2) is 29.4 Å². The molecule has 0 aromatic heterocycles. The summed E-state index contributed by atoms with van der Waals surface area (Å²) < 4.78 is 0. The van der Waals surface area contributed by atoms with E-state index in [9.17, 15) is 4.79 Å². The summed E-state index contributed by atoms with van der Waals surface area (Å²) in [5.74, 6) is 5.28. The van der Waals surface area contributed by atoms with E-state index < -0.39 is 0 Å². The standard InChI is InChI=1S/C13H27N3O/c1-3-7-11-9-5-6-10-16(11)12(8-4-2)13(17)15-14/h11-12H,3-10,14H2,1-2H3,(H,15,17). The van der Waals surface area contributed by atoms with Crippen molar-refractivity contribution in [1.29, 1.82) is 0 Å². The molecule has 2 unspecified atom stereocenters. The molecule has 0 radical (unpaired) electrons. The third-order valence-electron chi connectivity index (χ3n) is 3.70. The summed E-state index contributed by atoms with van der Waals surface area (Å²) in [5, 5.41) is 0. The lowest BCUT2D eigenvalue weighted by Crippen LogP contribution is -2.54. The van der Waals surface area contributed by atoms with Gasteiger partial charge in [0.15, 0.2) is 0 Å². The monoisotopic (exact) mass is 241 g/mol. The largest absolute Gasteiger partial charge is 0.293 e. The molecule has 1 heterocycles. The Morgan fingerprint density at radius 1 is 1.41 bits per heavy atom. The molecule has 0 aromatic carbocycles. The number of nitrogens with one attached hydrogen (secondary N) is 1. The van der Waals surface area contributed by atoms with E-state index in [1.165, 1.54) is 32.1 Å². The Labute approximate surface area is 105 Å². The molecule has 1 fully saturated rings. The van der Waals surface area contributed by atoms with Gasteiger partial charge in [0.25, 0.3) is 5.91 Å². The number of piperidine rings is 1. The van der Waals surface area contributed by atoms with Gasteiger partial charge in [0, 0.05) is 6.04 Å². The number of hydrogen-bond donors (Lipinski definition) is 2. The lowest BCUT2D eigenvalue weighted by atomic mass is 9.94. The van der Waals surface area contributed by atoms with E-state index in [0.717, 1.165) is 19.4 Å². The molecule has 3 N–H and O–H groups in total. The van der Waals surface area contributed by atoms with Crippen LogP contribution < -0.4 is 11.3 Å². The second kappa shape index (κ2) is 7.67. The van der Waals surface area contributed by atoms with Crippen LogP contribution in [0.15, 0.2) is 0 Å². The molecule has 100 valence electrons. The molecule has 1 aliphatic heterocycles. The maximum absolute atomic E-state index is 11.9. The van der Waals surface area contributed by atoms with Gasteiger partial charge in [-0.05, 0) is 32.2 Å². The summed E-state index contributed by atoms with van der Waals surface area (Å²) in [6.07, 6.45) is 8.04. The van der Waals surface area contributed by atoms with Gasteiger partial charge in [0.2, 0.25) is 0 Å².